The number of carbonyl (C=O) groups is 8. The summed E-state index contributed by atoms with van der Waals surface area (Å²) in [5, 5.41) is 58.9. The first kappa shape index (κ1) is 116. The Labute approximate surface area is 694 Å². The number of methoxy groups -OCH3 is 1. The molecule has 0 radical (unpaired) electrons. The largest absolute Gasteiger partial charge is 0.391 e. The highest BCUT2D eigenvalue weighted by molar-refractivity contribution is 5.84. The number of likely N-dealkylation sites (tertiary alicyclic amines) is 1. The van der Waals surface area contributed by atoms with Crippen LogP contribution in [0.15, 0.2) is 0 Å². The van der Waals surface area contributed by atoms with E-state index in [9.17, 15) is 69.0 Å². The van der Waals surface area contributed by atoms with Gasteiger partial charge in [-0.3, -0.25) is 38.4 Å². The van der Waals surface area contributed by atoms with Gasteiger partial charge in [-0.15, -0.1) is 0 Å². The molecule has 676 valence electrons. The van der Waals surface area contributed by atoms with Crippen LogP contribution in [-0.2, 0) is 57.3 Å². The Morgan fingerprint density at radius 1 is 0.360 bits per heavy atom. The molecule has 0 aromatic heterocycles. The lowest BCUT2D eigenvalue weighted by atomic mass is 9.92. The zero-order valence-corrected chi connectivity index (χ0v) is 79.4. The van der Waals surface area contributed by atoms with Gasteiger partial charge in [-0.25, -0.2) is 0 Å². The summed E-state index contributed by atoms with van der Waals surface area (Å²) in [5.74, 6) is 2.16. The van der Waals surface area contributed by atoms with Gasteiger partial charge in [0.15, 0.2) is 0 Å². The van der Waals surface area contributed by atoms with Crippen molar-refractivity contribution in [2.75, 3.05) is 155 Å². The Kier molecular flexibility index (Phi) is 55.3. The predicted octanol–water partition coefficient (Wildman–Crippen LogP) is 10.5. The van der Waals surface area contributed by atoms with Gasteiger partial charge in [0, 0.05) is 200 Å². The third-order valence-electron chi connectivity index (χ3n) is 19.9. The van der Waals surface area contributed by atoms with Crippen LogP contribution in [0.4, 0.5) is 0 Å². The van der Waals surface area contributed by atoms with E-state index in [-0.39, 0.29) is 127 Å². The zero-order valence-electron chi connectivity index (χ0n) is 79.4. The third-order valence-corrected chi connectivity index (χ3v) is 19.9. The number of carbonyl (C=O) groups excluding carboxylic acids is 8. The molecule has 0 aromatic rings. The Balaban J connectivity index is -0.000000610. The topological polar surface area (TPSA) is 321 Å². The summed E-state index contributed by atoms with van der Waals surface area (Å²) in [4.78, 5) is 107. The molecule has 114 heavy (non-hydrogen) atoms. The minimum atomic E-state index is -0.439. The van der Waals surface area contributed by atoms with Crippen molar-refractivity contribution in [2.24, 2.45) is 73.4 Å². The van der Waals surface area contributed by atoms with Crippen LogP contribution in [0, 0.1) is 73.4 Å². The van der Waals surface area contributed by atoms with E-state index in [1.165, 1.54) is 11.8 Å². The smallest absolute Gasteiger partial charge is 0.228 e. The zero-order chi connectivity index (χ0) is 90.3. The second-order valence-electron chi connectivity index (χ2n) is 40.2. The molecule has 0 saturated carbocycles. The van der Waals surface area contributed by atoms with Crippen molar-refractivity contribution in [1.82, 2.24) is 39.2 Å². The van der Waals surface area contributed by atoms with E-state index in [4.69, 9.17) is 18.9 Å². The van der Waals surface area contributed by atoms with Crippen molar-refractivity contribution in [2.45, 2.75) is 295 Å². The number of aliphatic hydroxyl groups is 6. The maximum atomic E-state index is 12.0. The normalized spacial score (nSPS) is 17.6. The average molecular weight is 1630 g/mol. The van der Waals surface area contributed by atoms with Crippen LogP contribution in [0.2, 0.25) is 0 Å². The third kappa shape index (κ3) is 50.3. The number of ether oxygens (including phenoxy) is 4. The molecule has 0 aromatic carbocycles. The van der Waals surface area contributed by atoms with E-state index >= 15 is 0 Å². The van der Waals surface area contributed by atoms with E-state index in [0.29, 0.717) is 39.3 Å². The van der Waals surface area contributed by atoms with Gasteiger partial charge in [0.05, 0.1) is 42.7 Å². The van der Waals surface area contributed by atoms with Gasteiger partial charge in [0.1, 0.15) is 0 Å². The summed E-state index contributed by atoms with van der Waals surface area (Å²) >= 11 is 0. The molecule has 6 N–H and O–H groups in total. The summed E-state index contributed by atoms with van der Waals surface area (Å²) in [6.07, 6.45) is 4.97. The van der Waals surface area contributed by atoms with Crippen LogP contribution in [0.3, 0.4) is 0 Å². The maximum Gasteiger partial charge on any atom is 0.228 e. The fourth-order valence-corrected chi connectivity index (χ4v) is 12.1. The standard InChI is InChI=1S/3C13H25NO3.2C11H23NO2.C10H19NO2.C9H19NO.C8H17NO2/c3*1-13(2,3)12(16)14(4)9-11(15)10-5-7-17-8-6-10;2*1-8(2)9(13)7-12(6)10(14)11(3,4)5;1-10(2,3)9(12)11-6-5-8(7-11)13-4;1-6-7-10(5)8(11)9(2,3)4;1-6(2)8(11)5-9(4)7(3)10/h3*10-11,15H,5-9H2,1-4H3;2*8-9,13H,7H2,1-6H3;8H,5-7H2,1-4H3;6-7H2,1-5H3;6,8,11H,5H2,1-4H3/t2*11-;;9-;;;;8-/m10.0...1/s1. The van der Waals surface area contributed by atoms with Crippen LogP contribution in [0.1, 0.15) is 252 Å². The summed E-state index contributed by atoms with van der Waals surface area (Å²) in [7, 11) is 14.0. The molecule has 0 aliphatic carbocycles. The van der Waals surface area contributed by atoms with Crippen LogP contribution in [-0.4, -0.2) is 315 Å². The van der Waals surface area contributed by atoms with Gasteiger partial charge < -0.3 is 88.8 Å². The lowest BCUT2D eigenvalue weighted by molar-refractivity contribution is -0.140. The van der Waals surface area contributed by atoms with Crippen molar-refractivity contribution in [3.63, 3.8) is 0 Å². The van der Waals surface area contributed by atoms with Crippen LogP contribution < -0.4 is 0 Å². The Morgan fingerprint density at radius 2 is 0.579 bits per heavy atom. The molecule has 4 rings (SSSR count). The van der Waals surface area contributed by atoms with Crippen molar-refractivity contribution >= 4 is 47.3 Å². The number of rotatable bonds is 21. The quantitative estimate of drug-likeness (QED) is 0.0622. The molecule has 3 unspecified atom stereocenters. The molecule has 0 bridgehead atoms. The first-order valence-corrected chi connectivity index (χ1v) is 42.0. The monoisotopic (exact) mass is 1630 g/mol. The van der Waals surface area contributed by atoms with E-state index in [0.717, 1.165) is 111 Å². The molecule has 8 amide bonds. The summed E-state index contributed by atoms with van der Waals surface area (Å²) in [6.45, 7) is 64.5. The van der Waals surface area contributed by atoms with E-state index in [2.05, 4.69) is 6.92 Å². The molecule has 4 heterocycles. The maximum absolute atomic E-state index is 12.0. The highest BCUT2D eigenvalue weighted by Crippen LogP contribution is 2.28. The second-order valence-corrected chi connectivity index (χ2v) is 40.2. The Bertz CT molecular complexity index is 2510. The summed E-state index contributed by atoms with van der Waals surface area (Å²) in [6, 6.07) is 0. The number of aliphatic hydroxyl groups excluding tert-OH is 6. The van der Waals surface area contributed by atoms with Gasteiger partial charge in [-0.2, -0.15) is 0 Å². The van der Waals surface area contributed by atoms with Gasteiger partial charge in [-0.1, -0.05) is 194 Å². The molecule has 26 nitrogen and oxygen atoms in total. The number of amides is 8. The van der Waals surface area contributed by atoms with E-state index in [1.807, 2.05) is 199 Å². The predicted molar refractivity (Wildman–Crippen MR) is 459 cm³/mol. The van der Waals surface area contributed by atoms with Crippen LogP contribution in [0.25, 0.3) is 0 Å². The average Bonchev–Trinajstić information content (AvgIpc) is 1.80. The van der Waals surface area contributed by atoms with Crippen molar-refractivity contribution in [3.8, 4) is 0 Å². The van der Waals surface area contributed by atoms with Gasteiger partial charge in [-0.05, 0) is 86.9 Å². The molecule has 0 spiro atoms. The molecule has 4 aliphatic heterocycles. The van der Waals surface area contributed by atoms with Crippen molar-refractivity contribution < 1.29 is 87.9 Å². The summed E-state index contributed by atoms with van der Waals surface area (Å²) < 4.78 is 21.0. The second kappa shape index (κ2) is 54.5. The van der Waals surface area contributed by atoms with Crippen molar-refractivity contribution in [1.29, 1.82) is 0 Å². The highest BCUT2D eigenvalue weighted by Gasteiger charge is 2.36. The summed E-state index contributed by atoms with van der Waals surface area (Å²) in [5.41, 5.74) is -2.39. The lowest BCUT2D eigenvalue weighted by Gasteiger charge is -2.32. The molecule has 4 saturated heterocycles. The fraction of sp³-hybridized carbons (Fsp3) is 0.909. The lowest BCUT2D eigenvalue weighted by Crippen LogP contribution is -2.43. The molecular formula is C88H176N8O18. The van der Waals surface area contributed by atoms with Gasteiger partial charge >= 0.3 is 0 Å². The number of hydrogen-bond acceptors (Lipinski definition) is 18. The number of hydrogen-bond donors (Lipinski definition) is 6. The minimum absolute atomic E-state index is 0.00954. The highest BCUT2D eigenvalue weighted by atomic mass is 16.5. The van der Waals surface area contributed by atoms with Gasteiger partial charge in [0.25, 0.3) is 0 Å². The van der Waals surface area contributed by atoms with Gasteiger partial charge in [0.2, 0.25) is 47.3 Å². The van der Waals surface area contributed by atoms with Crippen molar-refractivity contribution in [3.05, 3.63) is 0 Å². The SMILES string of the molecule is CC(=O)N(C)C[C@@H](O)C(C)C.CC(C)C(O)CN(C)C(=O)C(C)(C)C.CC(C)[C@@H](O)CN(C)C(=O)C(C)(C)C.CCCN(C)C(=O)C(C)(C)C.CN(CC(O)C1CCOCC1)C(=O)C(C)(C)C.CN(C[C@@H](O)C1CCOCC1)C(=O)C(C)(C)C.CN(C[C@H](O)C1CCOCC1)C(=O)C(C)(C)C.COC1CCN(C(=O)C(C)(C)C)C1. The first-order chi connectivity index (χ1) is 51.6. The minimum Gasteiger partial charge on any atom is -0.391 e. The molecule has 4 aliphatic rings. The molecular weight excluding hydrogens is 1460 g/mol. The van der Waals surface area contributed by atoms with E-state index < -0.39 is 36.6 Å². The molecule has 26 heteroatoms. The van der Waals surface area contributed by atoms with Crippen LogP contribution >= 0.6 is 0 Å². The molecule has 7 atom stereocenters. The Hall–Kier alpha value is -4.64. The molecule has 4 fully saturated rings. The van der Waals surface area contributed by atoms with Crippen LogP contribution in [0.5, 0.6) is 0 Å². The van der Waals surface area contributed by atoms with E-state index in [1.54, 1.807) is 78.8 Å². The fourth-order valence-electron chi connectivity index (χ4n) is 12.1. The number of likely N-dealkylation sites (N-methyl/N-ethyl adjacent to an activating group) is 6. The Morgan fingerprint density at radius 3 is 0.763 bits per heavy atom. The number of nitrogens with zero attached hydrogens (tertiary/aromatic N) is 8. The first-order valence-electron chi connectivity index (χ1n) is 42.0.